The maximum Gasteiger partial charge on any atom is 0.135 e. The standard InChI is InChI=1S/C11H20O/c1-4-8(2)7-10-5-6-11(12)9(10)3/h8-10H,4-7H2,1-3H3. The average Bonchev–Trinajstić information content (AvgIpc) is 2.36. The van der Waals surface area contributed by atoms with Crippen LogP contribution in [0.4, 0.5) is 0 Å². The van der Waals surface area contributed by atoms with E-state index in [2.05, 4.69) is 20.8 Å². The molecular weight excluding hydrogens is 148 g/mol. The lowest BCUT2D eigenvalue weighted by Crippen LogP contribution is -2.13. The molecule has 1 fully saturated rings. The highest BCUT2D eigenvalue weighted by Gasteiger charge is 2.31. The Morgan fingerprint density at radius 1 is 1.58 bits per heavy atom. The van der Waals surface area contributed by atoms with Crippen molar-refractivity contribution in [3.05, 3.63) is 0 Å². The van der Waals surface area contributed by atoms with Crippen LogP contribution in [0.1, 0.15) is 46.5 Å². The monoisotopic (exact) mass is 168 g/mol. The molecule has 1 aliphatic carbocycles. The second-order valence-corrected chi connectivity index (χ2v) is 4.30. The second kappa shape index (κ2) is 4.06. The molecule has 0 spiro atoms. The van der Waals surface area contributed by atoms with Crippen LogP contribution >= 0.6 is 0 Å². The summed E-state index contributed by atoms with van der Waals surface area (Å²) in [4.78, 5) is 11.3. The Hall–Kier alpha value is -0.330. The van der Waals surface area contributed by atoms with Gasteiger partial charge in [-0.2, -0.15) is 0 Å². The quantitative estimate of drug-likeness (QED) is 0.633. The van der Waals surface area contributed by atoms with Crippen LogP contribution in [0.5, 0.6) is 0 Å². The Bertz CT molecular complexity index is 162. The summed E-state index contributed by atoms with van der Waals surface area (Å²) >= 11 is 0. The highest BCUT2D eigenvalue weighted by Crippen LogP contribution is 2.33. The van der Waals surface area contributed by atoms with Gasteiger partial charge in [0.05, 0.1) is 0 Å². The molecule has 12 heavy (non-hydrogen) atoms. The molecule has 0 saturated heterocycles. The molecule has 3 atom stereocenters. The summed E-state index contributed by atoms with van der Waals surface area (Å²) in [6, 6.07) is 0. The van der Waals surface area contributed by atoms with Crippen LogP contribution in [0.2, 0.25) is 0 Å². The topological polar surface area (TPSA) is 17.1 Å². The van der Waals surface area contributed by atoms with E-state index in [0.29, 0.717) is 17.6 Å². The summed E-state index contributed by atoms with van der Waals surface area (Å²) in [5.74, 6) is 2.32. The van der Waals surface area contributed by atoms with Crippen molar-refractivity contribution in [1.82, 2.24) is 0 Å². The molecule has 0 radical (unpaired) electrons. The Kier molecular flexibility index (Phi) is 3.30. The van der Waals surface area contributed by atoms with Gasteiger partial charge in [0.2, 0.25) is 0 Å². The third-order valence-corrected chi connectivity index (χ3v) is 3.38. The molecule has 0 aromatic carbocycles. The minimum atomic E-state index is 0.346. The van der Waals surface area contributed by atoms with Crippen LogP contribution in [0.25, 0.3) is 0 Å². The number of hydrogen-bond donors (Lipinski definition) is 0. The van der Waals surface area contributed by atoms with Crippen molar-refractivity contribution < 1.29 is 4.79 Å². The lowest BCUT2D eigenvalue weighted by atomic mass is 9.87. The summed E-state index contributed by atoms with van der Waals surface area (Å²) in [7, 11) is 0. The van der Waals surface area contributed by atoms with Crippen LogP contribution in [-0.4, -0.2) is 5.78 Å². The van der Waals surface area contributed by atoms with Gasteiger partial charge in [0.25, 0.3) is 0 Å². The summed E-state index contributed by atoms with van der Waals surface area (Å²) in [5, 5.41) is 0. The molecule has 1 saturated carbocycles. The SMILES string of the molecule is CCC(C)CC1CCC(=O)C1C. The molecule has 3 unspecified atom stereocenters. The maximum atomic E-state index is 11.3. The van der Waals surface area contributed by atoms with Crippen molar-refractivity contribution in [3.63, 3.8) is 0 Å². The van der Waals surface area contributed by atoms with Gasteiger partial charge >= 0.3 is 0 Å². The first-order chi connectivity index (χ1) is 5.65. The zero-order valence-electron chi connectivity index (χ0n) is 8.47. The van der Waals surface area contributed by atoms with Crippen LogP contribution in [-0.2, 0) is 4.79 Å². The van der Waals surface area contributed by atoms with Gasteiger partial charge < -0.3 is 0 Å². The molecule has 0 heterocycles. The van der Waals surface area contributed by atoms with Crippen LogP contribution in [0.3, 0.4) is 0 Å². The largest absolute Gasteiger partial charge is 0.299 e. The highest BCUT2D eigenvalue weighted by atomic mass is 16.1. The molecule has 70 valence electrons. The zero-order valence-corrected chi connectivity index (χ0v) is 8.47. The number of hydrogen-bond acceptors (Lipinski definition) is 1. The minimum Gasteiger partial charge on any atom is -0.299 e. The fraction of sp³-hybridized carbons (Fsp3) is 0.909. The van der Waals surface area contributed by atoms with Crippen molar-refractivity contribution in [3.8, 4) is 0 Å². The van der Waals surface area contributed by atoms with Gasteiger partial charge in [0.1, 0.15) is 5.78 Å². The molecule has 0 aliphatic heterocycles. The van der Waals surface area contributed by atoms with Crippen molar-refractivity contribution >= 4 is 5.78 Å². The number of ketones is 1. The molecule has 0 bridgehead atoms. The zero-order chi connectivity index (χ0) is 9.14. The van der Waals surface area contributed by atoms with Gasteiger partial charge in [0, 0.05) is 12.3 Å². The van der Waals surface area contributed by atoms with E-state index in [0.717, 1.165) is 18.8 Å². The number of carbonyl (C=O) groups is 1. The number of carbonyl (C=O) groups excluding carboxylic acids is 1. The van der Waals surface area contributed by atoms with Crippen LogP contribution in [0, 0.1) is 17.8 Å². The van der Waals surface area contributed by atoms with E-state index in [1.54, 1.807) is 0 Å². The van der Waals surface area contributed by atoms with Crippen molar-refractivity contribution in [2.45, 2.75) is 46.5 Å². The van der Waals surface area contributed by atoms with Crippen molar-refractivity contribution in [1.29, 1.82) is 0 Å². The van der Waals surface area contributed by atoms with Crippen LogP contribution < -0.4 is 0 Å². The Morgan fingerprint density at radius 3 is 2.67 bits per heavy atom. The van der Waals surface area contributed by atoms with Crippen LogP contribution in [0.15, 0.2) is 0 Å². The number of rotatable bonds is 3. The molecule has 0 aromatic heterocycles. The third kappa shape index (κ3) is 2.09. The lowest BCUT2D eigenvalue weighted by Gasteiger charge is -2.17. The number of Topliss-reactive ketones (excluding diaryl/α,β-unsaturated/α-hetero) is 1. The van der Waals surface area contributed by atoms with Gasteiger partial charge in [0.15, 0.2) is 0 Å². The lowest BCUT2D eigenvalue weighted by molar-refractivity contribution is -0.120. The highest BCUT2D eigenvalue weighted by molar-refractivity contribution is 5.82. The van der Waals surface area contributed by atoms with Gasteiger partial charge in [-0.15, -0.1) is 0 Å². The summed E-state index contributed by atoms with van der Waals surface area (Å²) in [5.41, 5.74) is 0. The Morgan fingerprint density at radius 2 is 2.25 bits per heavy atom. The summed E-state index contributed by atoms with van der Waals surface area (Å²) in [6.07, 6.45) is 4.48. The molecule has 1 aliphatic rings. The molecular formula is C11H20O. The van der Waals surface area contributed by atoms with Gasteiger partial charge in [-0.1, -0.05) is 27.2 Å². The van der Waals surface area contributed by atoms with E-state index >= 15 is 0 Å². The first-order valence-electron chi connectivity index (χ1n) is 5.17. The van der Waals surface area contributed by atoms with Crippen molar-refractivity contribution in [2.75, 3.05) is 0 Å². The van der Waals surface area contributed by atoms with E-state index in [1.807, 2.05) is 0 Å². The first kappa shape index (κ1) is 9.76. The Labute approximate surface area is 75.5 Å². The molecule has 1 heteroatoms. The average molecular weight is 168 g/mol. The molecule has 0 aromatic rings. The summed E-state index contributed by atoms with van der Waals surface area (Å²) in [6.45, 7) is 6.62. The summed E-state index contributed by atoms with van der Waals surface area (Å²) < 4.78 is 0. The van der Waals surface area contributed by atoms with Gasteiger partial charge in [-0.3, -0.25) is 4.79 Å². The smallest absolute Gasteiger partial charge is 0.135 e. The fourth-order valence-corrected chi connectivity index (χ4v) is 2.07. The predicted octanol–water partition coefficient (Wildman–Crippen LogP) is 3.04. The first-order valence-corrected chi connectivity index (χ1v) is 5.17. The van der Waals surface area contributed by atoms with E-state index in [9.17, 15) is 4.79 Å². The van der Waals surface area contributed by atoms with Gasteiger partial charge in [-0.25, -0.2) is 0 Å². The molecule has 1 rings (SSSR count). The van der Waals surface area contributed by atoms with Gasteiger partial charge in [-0.05, 0) is 24.7 Å². The minimum absolute atomic E-state index is 0.346. The second-order valence-electron chi connectivity index (χ2n) is 4.30. The maximum absolute atomic E-state index is 11.3. The molecule has 0 amide bonds. The normalized spacial score (nSPS) is 32.4. The molecule has 0 N–H and O–H groups in total. The van der Waals surface area contributed by atoms with E-state index in [1.165, 1.54) is 12.8 Å². The Balaban J connectivity index is 2.38. The van der Waals surface area contributed by atoms with E-state index in [4.69, 9.17) is 0 Å². The fourth-order valence-electron chi connectivity index (χ4n) is 2.07. The third-order valence-electron chi connectivity index (χ3n) is 3.38. The van der Waals surface area contributed by atoms with E-state index in [-0.39, 0.29) is 0 Å². The predicted molar refractivity (Wildman–Crippen MR) is 51.0 cm³/mol. The van der Waals surface area contributed by atoms with E-state index < -0.39 is 0 Å². The van der Waals surface area contributed by atoms with Crippen molar-refractivity contribution in [2.24, 2.45) is 17.8 Å². The molecule has 1 nitrogen and oxygen atoms in total.